The molecule has 0 aliphatic heterocycles. The summed E-state index contributed by atoms with van der Waals surface area (Å²) in [5, 5.41) is 8.28. The number of aryl methyl sites for hydroxylation is 1. The van der Waals surface area contributed by atoms with Crippen LogP contribution in [0.2, 0.25) is 0 Å². The molecule has 0 saturated carbocycles. The molecule has 0 bridgehead atoms. The third kappa shape index (κ3) is 12.0. The minimum absolute atomic E-state index is 0.164. The lowest BCUT2D eigenvalue weighted by Gasteiger charge is -1.97. The average molecular weight is 235 g/mol. The lowest BCUT2D eigenvalue weighted by Crippen LogP contribution is -1.98. The predicted molar refractivity (Wildman–Crippen MR) is 73.1 cm³/mol. The van der Waals surface area contributed by atoms with Crippen molar-refractivity contribution in [2.75, 3.05) is 13.7 Å². The van der Waals surface area contributed by atoms with Gasteiger partial charge in [-0.2, -0.15) is 0 Å². The van der Waals surface area contributed by atoms with Crippen LogP contribution in [-0.2, 0) is 0 Å². The van der Waals surface area contributed by atoms with Crippen molar-refractivity contribution >= 4 is 0 Å². The van der Waals surface area contributed by atoms with E-state index in [-0.39, 0.29) is 5.76 Å². The lowest BCUT2D eigenvalue weighted by molar-refractivity contribution is 0.393. The maximum Gasteiger partial charge on any atom is 0.118 e. The molecule has 3 N–H and O–H groups in total. The van der Waals surface area contributed by atoms with Crippen LogP contribution >= 0.6 is 0 Å². The van der Waals surface area contributed by atoms with Gasteiger partial charge < -0.3 is 15.6 Å². The Morgan fingerprint density at radius 2 is 1.82 bits per heavy atom. The summed E-state index contributed by atoms with van der Waals surface area (Å²) in [5.41, 5.74) is 6.27. The Hall–Kier alpha value is -1.92. The van der Waals surface area contributed by atoms with E-state index in [1.54, 1.807) is 7.11 Å². The van der Waals surface area contributed by atoms with Crippen LogP contribution in [0, 0.1) is 19.8 Å². The first-order valence-corrected chi connectivity index (χ1v) is 5.11. The topological polar surface area (TPSA) is 55.5 Å². The highest BCUT2D eigenvalue weighted by Crippen LogP contribution is 2.09. The summed E-state index contributed by atoms with van der Waals surface area (Å²) in [6.07, 6.45) is 8.51. The van der Waals surface area contributed by atoms with E-state index in [2.05, 4.69) is 26.3 Å². The van der Waals surface area contributed by atoms with E-state index in [0.29, 0.717) is 13.0 Å². The van der Waals surface area contributed by atoms with Crippen LogP contribution in [0.25, 0.3) is 0 Å². The monoisotopic (exact) mass is 235 g/mol. The van der Waals surface area contributed by atoms with E-state index < -0.39 is 0 Å². The molecule has 1 rings (SSSR count). The number of benzene rings is 1. The smallest absolute Gasteiger partial charge is 0.118 e. The molecule has 3 heteroatoms. The predicted octanol–water partition coefficient (Wildman–Crippen LogP) is 2.66. The summed E-state index contributed by atoms with van der Waals surface area (Å²) in [5.74, 6) is 1.08. The Kier molecular flexibility index (Phi) is 12.5. The molecule has 0 aromatic heterocycles. The van der Waals surface area contributed by atoms with Gasteiger partial charge in [0, 0.05) is 6.42 Å². The highest BCUT2D eigenvalue weighted by Gasteiger charge is 1.85. The highest BCUT2D eigenvalue weighted by atomic mass is 16.5. The average Bonchev–Trinajstić information content (AvgIpc) is 2.33. The minimum Gasteiger partial charge on any atom is -0.513 e. The molecule has 0 heterocycles. The van der Waals surface area contributed by atoms with Gasteiger partial charge in [0.15, 0.2) is 0 Å². The fourth-order valence-corrected chi connectivity index (χ4v) is 0.841. The van der Waals surface area contributed by atoms with E-state index >= 15 is 0 Å². The number of hydrogen-bond acceptors (Lipinski definition) is 3. The lowest BCUT2D eigenvalue weighted by atomic mass is 10.2. The molecule has 0 saturated heterocycles. The van der Waals surface area contributed by atoms with E-state index in [9.17, 15) is 0 Å². The molecule has 0 spiro atoms. The number of aliphatic hydroxyl groups excluding tert-OH is 1. The molecular weight excluding hydrogens is 214 g/mol. The molecule has 0 aliphatic rings. The number of nitrogens with two attached hydrogens (primary N) is 1. The second kappa shape index (κ2) is 12.2. The van der Waals surface area contributed by atoms with Gasteiger partial charge in [0.1, 0.15) is 5.75 Å². The maximum atomic E-state index is 8.28. The normalized spacial score (nSPS) is 7.82. The van der Waals surface area contributed by atoms with Crippen molar-refractivity contribution in [1.82, 2.24) is 0 Å². The van der Waals surface area contributed by atoms with Crippen molar-refractivity contribution in [3.63, 3.8) is 0 Å². The van der Waals surface area contributed by atoms with Gasteiger partial charge in [0.25, 0.3) is 0 Å². The molecular formula is C14H21NO2. The number of terminal acetylenes is 1. The van der Waals surface area contributed by atoms with Crippen molar-refractivity contribution < 1.29 is 9.84 Å². The van der Waals surface area contributed by atoms with Crippen LogP contribution in [0.15, 0.2) is 36.6 Å². The molecule has 0 unspecified atom stereocenters. The molecule has 0 amide bonds. The van der Waals surface area contributed by atoms with Gasteiger partial charge in [0.2, 0.25) is 0 Å². The van der Waals surface area contributed by atoms with E-state index in [1.165, 1.54) is 5.56 Å². The molecule has 94 valence electrons. The Morgan fingerprint density at radius 1 is 1.35 bits per heavy atom. The van der Waals surface area contributed by atoms with Crippen molar-refractivity contribution in [3.8, 4) is 18.6 Å². The SMILES string of the molecule is C#C.C=C(O)CCN.COc1ccc(C)cc1. The van der Waals surface area contributed by atoms with Crippen LogP contribution in [0.3, 0.4) is 0 Å². The van der Waals surface area contributed by atoms with Gasteiger partial charge in [-0.05, 0) is 25.6 Å². The zero-order chi connectivity index (χ0) is 13.7. The first-order valence-electron chi connectivity index (χ1n) is 5.11. The number of rotatable bonds is 3. The van der Waals surface area contributed by atoms with Crippen molar-refractivity contribution in [3.05, 3.63) is 42.2 Å². The number of ether oxygens (including phenoxy) is 1. The molecule has 0 fully saturated rings. The molecule has 1 aromatic rings. The quantitative estimate of drug-likeness (QED) is 0.625. The second-order valence-electron chi connectivity index (χ2n) is 3.12. The molecule has 3 nitrogen and oxygen atoms in total. The zero-order valence-corrected chi connectivity index (χ0v) is 10.5. The van der Waals surface area contributed by atoms with Crippen LogP contribution in [0.1, 0.15) is 12.0 Å². The third-order valence-electron chi connectivity index (χ3n) is 1.69. The minimum atomic E-state index is 0.164. The van der Waals surface area contributed by atoms with Gasteiger partial charge in [-0.25, -0.2) is 0 Å². The second-order valence-corrected chi connectivity index (χ2v) is 3.12. The van der Waals surface area contributed by atoms with Crippen LogP contribution in [0.5, 0.6) is 5.75 Å². The Labute approximate surface area is 104 Å². The zero-order valence-electron chi connectivity index (χ0n) is 10.5. The van der Waals surface area contributed by atoms with Crippen LogP contribution < -0.4 is 10.5 Å². The first-order chi connectivity index (χ1) is 8.10. The molecule has 0 atom stereocenters. The molecule has 1 aromatic carbocycles. The largest absolute Gasteiger partial charge is 0.513 e. The standard InChI is InChI=1S/C8H10O.C4H9NO.C2H2/c1-7-3-5-8(9-2)6-4-7;1-4(6)2-3-5;1-2/h3-6H,1-2H3;6H,1-3,5H2;1-2H. The summed E-state index contributed by atoms with van der Waals surface area (Å²) in [6.45, 7) is 5.76. The Bertz CT molecular complexity index is 315. The molecule has 0 radical (unpaired) electrons. The van der Waals surface area contributed by atoms with Crippen molar-refractivity contribution in [1.29, 1.82) is 0 Å². The number of aliphatic hydroxyl groups is 1. The third-order valence-corrected chi connectivity index (χ3v) is 1.69. The number of hydrogen-bond donors (Lipinski definition) is 2. The van der Waals surface area contributed by atoms with E-state index in [0.717, 1.165) is 5.75 Å². The Morgan fingerprint density at radius 3 is 2.06 bits per heavy atom. The summed E-state index contributed by atoms with van der Waals surface area (Å²) >= 11 is 0. The van der Waals surface area contributed by atoms with E-state index in [4.69, 9.17) is 15.6 Å². The van der Waals surface area contributed by atoms with Gasteiger partial charge in [0.05, 0.1) is 12.9 Å². The van der Waals surface area contributed by atoms with Gasteiger partial charge in [-0.15, -0.1) is 12.8 Å². The molecule has 0 aliphatic carbocycles. The first kappa shape index (κ1) is 17.5. The maximum absolute atomic E-state index is 8.28. The van der Waals surface area contributed by atoms with Gasteiger partial charge in [-0.1, -0.05) is 24.3 Å². The van der Waals surface area contributed by atoms with Crippen molar-refractivity contribution in [2.24, 2.45) is 5.73 Å². The van der Waals surface area contributed by atoms with Crippen LogP contribution in [0.4, 0.5) is 0 Å². The number of methoxy groups -OCH3 is 1. The summed E-state index contributed by atoms with van der Waals surface area (Å²) < 4.78 is 4.97. The van der Waals surface area contributed by atoms with Crippen LogP contribution in [-0.4, -0.2) is 18.8 Å². The molecule has 17 heavy (non-hydrogen) atoms. The van der Waals surface area contributed by atoms with Crippen molar-refractivity contribution in [2.45, 2.75) is 13.3 Å². The van der Waals surface area contributed by atoms with Gasteiger partial charge in [-0.3, -0.25) is 0 Å². The summed E-state index contributed by atoms with van der Waals surface area (Å²) in [4.78, 5) is 0. The van der Waals surface area contributed by atoms with E-state index in [1.807, 2.05) is 24.3 Å². The summed E-state index contributed by atoms with van der Waals surface area (Å²) in [6, 6.07) is 7.96. The highest BCUT2D eigenvalue weighted by molar-refractivity contribution is 5.25. The fourth-order valence-electron chi connectivity index (χ4n) is 0.841. The fraction of sp³-hybridized carbons (Fsp3) is 0.286. The van der Waals surface area contributed by atoms with Gasteiger partial charge >= 0.3 is 0 Å². The summed E-state index contributed by atoms with van der Waals surface area (Å²) in [7, 11) is 1.67. The Balaban J connectivity index is 0.